The third-order valence-corrected chi connectivity index (χ3v) is 6.89. The molecular weight excluding hydrogens is 402 g/mol. The van der Waals surface area contributed by atoms with Gasteiger partial charge in [0.15, 0.2) is 11.8 Å². The van der Waals surface area contributed by atoms with Crippen LogP contribution in [0, 0.1) is 6.92 Å². The number of guanidine groups is 1. The maximum atomic E-state index is 10.4. The fourth-order valence-electron chi connectivity index (χ4n) is 4.76. The number of hydrogen-bond donors (Lipinski definition) is 3. The molecule has 0 spiro atoms. The first-order valence-corrected chi connectivity index (χ1v) is 12.0. The molecule has 8 heteroatoms. The Labute approximate surface area is 191 Å². The van der Waals surface area contributed by atoms with E-state index in [1.807, 2.05) is 36.7 Å². The minimum atomic E-state index is -0.159. The van der Waals surface area contributed by atoms with Crippen LogP contribution >= 0.6 is 0 Å². The lowest BCUT2D eigenvalue weighted by Crippen LogP contribution is -2.53. The standard InChI is InChI=1S/C24H37N7O/c1-18-28-29-23(30(18)2)17-26-24(25-16-19-8-4-3-5-9-19)27-20-12-14-31(15-13-20)21-10-6-7-11-22(21)32/h3-5,8-9,20-22,32H,6-7,10-17H2,1-2H3,(H2,25,26,27). The van der Waals surface area contributed by atoms with E-state index in [9.17, 15) is 5.11 Å². The molecule has 0 amide bonds. The van der Waals surface area contributed by atoms with Gasteiger partial charge in [-0.05, 0) is 38.2 Å². The van der Waals surface area contributed by atoms with Crippen molar-refractivity contribution in [1.82, 2.24) is 30.3 Å². The van der Waals surface area contributed by atoms with Gasteiger partial charge in [-0.2, -0.15) is 0 Å². The van der Waals surface area contributed by atoms with Crippen molar-refractivity contribution >= 4 is 5.96 Å². The Balaban J connectivity index is 1.35. The van der Waals surface area contributed by atoms with Gasteiger partial charge in [0.25, 0.3) is 0 Å². The van der Waals surface area contributed by atoms with Gasteiger partial charge in [-0.15, -0.1) is 10.2 Å². The third-order valence-electron chi connectivity index (χ3n) is 6.89. The normalized spacial score (nSPS) is 23.3. The van der Waals surface area contributed by atoms with E-state index in [0.29, 0.717) is 25.2 Å². The molecule has 1 saturated heterocycles. The van der Waals surface area contributed by atoms with Crippen molar-refractivity contribution in [3.05, 3.63) is 47.5 Å². The highest BCUT2D eigenvalue weighted by atomic mass is 16.3. The van der Waals surface area contributed by atoms with Crippen LogP contribution in [0.4, 0.5) is 0 Å². The van der Waals surface area contributed by atoms with E-state index in [1.165, 1.54) is 12.0 Å². The monoisotopic (exact) mass is 439 g/mol. The van der Waals surface area contributed by atoms with Gasteiger partial charge >= 0.3 is 0 Å². The number of hydrogen-bond acceptors (Lipinski definition) is 5. The zero-order valence-electron chi connectivity index (χ0n) is 19.4. The first-order valence-electron chi connectivity index (χ1n) is 12.0. The first kappa shape index (κ1) is 22.7. The van der Waals surface area contributed by atoms with E-state index < -0.39 is 0 Å². The molecule has 2 aromatic rings. The zero-order chi connectivity index (χ0) is 22.3. The number of aromatic nitrogens is 3. The van der Waals surface area contributed by atoms with E-state index in [1.54, 1.807) is 0 Å². The quantitative estimate of drug-likeness (QED) is 0.472. The Morgan fingerprint density at radius 3 is 2.53 bits per heavy atom. The number of nitrogens with one attached hydrogen (secondary N) is 2. The lowest BCUT2D eigenvalue weighted by Gasteiger charge is -2.41. The first-order chi connectivity index (χ1) is 15.6. The van der Waals surface area contributed by atoms with Crippen LogP contribution in [0.25, 0.3) is 0 Å². The molecule has 2 unspecified atom stereocenters. The fraction of sp³-hybridized carbons (Fsp3) is 0.625. The summed E-state index contributed by atoms with van der Waals surface area (Å²) in [5, 5.41) is 25.9. The second kappa shape index (κ2) is 10.9. The molecule has 0 radical (unpaired) electrons. The van der Waals surface area contributed by atoms with Gasteiger partial charge in [-0.3, -0.25) is 4.90 Å². The van der Waals surface area contributed by atoms with Crippen molar-refractivity contribution < 1.29 is 5.11 Å². The minimum Gasteiger partial charge on any atom is -0.391 e. The number of aliphatic imine (C=N–C) groups is 1. The number of rotatable bonds is 6. The van der Waals surface area contributed by atoms with Crippen molar-refractivity contribution in [2.45, 2.75) is 76.7 Å². The molecule has 4 rings (SSSR count). The molecule has 32 heavy (non-hydrogen) atoms. The van der Waals surface area contributed by atoms with E-state index in [2.05, 4.69) is 37.9 Å². The van der Waals surface area contributed by atoms with Gasteiger partial charge in [0.1, 0.15) is 5.82 Å². The lowest BCUT2D eigenvalue weighted by molar-refractivity contribution is 0.00810. The lowest BCUT2D eigenvalue weighted by atomic mass is 9.89. The van der Waals surface area contributed by atoms with Crippen molar-refractivity contribution in [2.75, 3.05) is 13.1 Å². The molecule has 2 heterocycles. The molecule has 0 bridgehead atoms. The summed E-state index contributed by atoms with van der Waals surface area (Å²) in [4.78, 5) is 7.34. The molecule has 1 aliphatic carbocycles. The van der Waals surface area contributed by atoms with Crippen molar-refractivity contribution in [2.24, 2.45) is 12.0 Å². The molecule has 2 fully saturated rings. The Morgan fingerprint density at radius 1 is 1.09 bits per heavy atom. The van der Waals surface area contributed by atoms with E-state index in [4.69, 9.17) is 4.99 Å². The van der Waals surface area contributed by atoms with Crippen molar-refractivity contribution in [1.29, 1.82) is 0 Å². The maximum Gasteiger partial charge on any atom is 0.192 e. The van der Waals surface area contributed by atoms with Crippen LogP contribution in [0.2, 0.25) is 0 Å². The van der Waals surface area contributed by atoms with E-state index >= 15 is 0 Å². The molecule has 1 aliphatic heterocycles. The number of aliphatic hydroxyl groups excluding tert-OH is 1. The highest BCUT2D eigenvalue weighted by Crippen LogP contribution is 2.25. The van der Waals surface area contributed by atoms with Crippen LogP contribution in [-0.2, 0) is 20.1 Å². The van der Waals surface area contributed by atoms with Gasteiger partial charge in [-0.1, -0.05) is 43.2 Å². The molecule has 2 aliphatic rings. The number of likely N-dealkylation sites (tertiary alicyclic amines) is 1. The SMILES string of the molecule is Cc1nnc(CNC(=NCc2ccccc2)NC2CCN(C3CCCCC3O)CC2)n1C. The summed E-state index contributed by atoms with van der Waals surface area (Å²) in [6.45, 7) is 5.20. The van der Waals surface area contributed by atoms with E-state index in [0.717, 1.165) is 62.8 Å². The van der Waals surface area contributed by atoms with Gasteiger partial charge in [0.2, 0.25) is 0 Å². The summed E-state index contributed by atoms with van der Waals surface area (Å²) < 4.78 is 2.00. The zero-order valence-corrected chi connectivity index (χ0v) is 19.4. The maximum absolute atomic E-state index is 10.4. The molecule has 174 valence electrons. The van der Waals surface area contributed by atoms with Crippen LogP contribution in [-0.4, -0.2) is 62.0 Å². The van der Waals surface area contributed by atoms with Crippen molar-refractivity contribution in [3.63, 3.8) is 0 Å². The van der Waals surface area contributed by atoms with Gasteiger partial charge < -0.3 is 20.3 Å². The summed E-state index contributed by atoms with van der Waals surface area (Å²) in [5.74, 6) is 2.60. The van der Waals surface area contributed by atoms with Crippen LogP contribution < -0.4 is 10.6 Å². The van der Waals surface area contributed by atoms with Crippen molar-refractivity contribution in [3.8, 4) is 0 Å². The fourth-order valence-corrected chi connectivity index (χ4v) is 4.76. The van der Waals surface area contributed by atoms with E-state index in [-0.39, 0.29) is 6.10 Å². The summed E-state index contributed by atoms with van der Waals surface area (Å²) in [6, 6.07) is 11.0. The second-order valence-corrected chi connectivity index (χ2v) is 9.10. The highest BCUT2D eigenvalue weighted by Gasteiger charge is 2.31. The van der Waals surface area contributed by atoms with Gasteiger partial charge in [0, 0.05) is 32.2 Å². The molecule has 1 saturated carbocycles. The molecule has 1 aromatic heterocycles. The van der Waals surface area contributed by atoms with Crippen LogP contribution in [0.15, 0.2) is 35.3 Å². The smallest absolute Gasteiger partial charge is 0.192 e. The summed E-state index contributed by atoms with van der Waals surface area (Å²) in [7, 11) is 1.98. The predicted molar refractivity (Wildman–Crippen MR) is 126 cm³/mol. The topological polar surface area (TPSA) is 90.6 Å². The molecule has 8 nitrogen and oxygen atoms in total. The van der Waals surface area contributed by atoms with Crippen LogP contribution in [0.1, 0.15) is 55.7 Å². The Kier molecular flexibility index (Phi) is 7.76. The molecular formula is C24H37N7O. The molecule has 1 aromatic carbocycles. The summed E-state index contributed by atoms with van der Waals surface area (Å²) >= 11 is 0. The Hall–Kier alpha value is -2.45. The second-order valence-electron chi connectivity index (χ2n) is 9.10. The summed E-state index contributed by atoms with van der Waals surface area (Å²) in [5.41, 5.74) is 1.18. The molecule has 3 N–H and O–H groups in total. The predicted octanol–water partition coefficient (Wildman–Crippen LogP) is 2.13. The highest BCUT2D eigenvalue weighted by molar-refractivity contribution is 5.80. The van der Waals surface area contributed by atoms with Gasteiger partial charge in [-0.25, -0.2) is 4.99 Å². The largest absolute Gasteiger partial charge is 0.391 e. The van der Waals surface area contributed by atoms with Crippen LogP contribution in [0.3, 0.4) is 0 Å². The van der Waals surface area contributed by atoms with Crippen LogP contribution in [0.5, 0.6) is 0 Å². The summed E-state index contributed by atoms with van der Waals surface area (Å²) in [6.07, 6.45) is 6.42. The Morgan fingerprint density at radius 2 is 1.84 bits per heavy atom. The minimum absolute atomic E-state index is 0.159. The number of piperidine rings is 1. The molecule has 2 atom stereocenters. The number of benzene rings is 1. The number of nitrogens with zero attached hydrogens (tertiary/aromatic N) is 5. The average Bonchev–Trinajstić information content (AvgIpc) is 3.14. The van der Waals surface area contributed by atoms with Gasteiger partial charge in [0.05, 0.1) is 19.2 Å². The Bertz CT molecular complexity index is 874. The third kappa shape index (κ3) is 5.86. The number of aryl methyl sites for hydroxylation is 1. The number of aliphatic hydroxyl groups is 1. The average molecular weight is 440 g/mol.